The number of para-hydroxylation sites is 1. The fourth-order valence-electron chi connectivity index (χ4n) is 3.51. The lowest BCUT2D eigenvalue weighted by atomic mass is 9.90. The van der Waals surface area contributed by atoms with Gasteiger partial charge < -0.3 is 15.8 Å². The fourth-order valence-corrected chi connectivity index (χ4v) is 3.51. The Labute approximate surface area is 153 Å². The summed E-state index contributed by atoms with van der Waals surface area (Å²) < 4.78 is 34.7. The standard InChI is InChI=1S/C21H26F2N2O/c1-2-19(25-15-10-8-14(24)9-11-15)17-12-13-18(22)21(20(17)23)26-16-6-4-3-5-7-16/h3-7,12-15,19,25H,2,8-11,24H2,1H3/t14-,15+,19?. The van der Waals surface area contributed by atoms with Crippen molar-refractivity contribution >= 4 is 0 Å². The zero-order valence-corrected chi connectivity index (χ0v) is 15.1. The third kappa shape index (κ3) is 4.40. The van der Waals surface area contributed by atoms with Gasteiger partial charge in [-0.05, 0) is 50.3 Å². The molecule has 1 fully saturated rings. The van der Waals surface area contributed by atoms with Crippen molar-refractivity contribution in [3.8, 4) is 11.5 Å². The molecule has 0 spiro atoms. The number of rotatable bonds is 6. The van der Waals surface area contributed by atoms with Gasteiger partial charge in [-0.15, -0.1) is 0 Å². The van der Waals surface area contributed by atoms with Gasteiger partial charge in [-0.25, -0.2) is 8.78 Å². The van der Waals surface area contributed by atoms with Gasteiger partial charge in [0, 0.05) is 23.7 Å². The normalized spacial score (nSPS) is 21.4. The molecule has 2 aromatic rings. The molecule has 0 bridgehead atoms. The number of ether oxygens (including phenoxy) is 1. The molecular formula is C21H26F2N2O. The van der Waals surface area contributed by atoms with E-state index in [2.05, 4.69) is 5.32 Å². The maximum Gasteiger partial charge on any atom is 0.198 e. The van der Waals surface area contributed by atoms with Gasteiger partial charge in [-0.3, -0.25) is 0 Å². The number of nitrogens with two attached hydrogens (primary N) is 1. The molecule has 0 heterocycles. The molecule has 3 N–H and O–H groups in total. The van der Waals surface area contributed by atoms with E-state index in [1.807, 2.05) is 13.0 Å². The van der Waals surface area contributed by atoms with E-state index in [0.717, 1.165) is 25.7 Å². The second kappa shape index (κ2) is 8.60. The molecule has 2 aromatic carbocycles. The van der Waals surface area contributed by atoms with E-state index < -0.39 is 11.6 Å². The minimum Gasteiger partial charge on any atom is -0.451 e. The van der Waals surface area contributed by atoms with Crippen LogP contribution in [0.25, 0.3) is 0 Å². The van der Waals surface area contributed by atoms with Gasteiger partial charge in [-0.1, -0.05) is 31.2 Å². The van der Waals surface area contributed by atoms with Crippen LogP contribution in [-0.4, -0.2) is 12.1 Å². The summed E-state index contributed by atoms with van der Waals surface area (Å²) in [5.74, 6) is -1.28. The van der Waals surface area contributed by atoms with Crippen molar-refractivity contribution in [2.24, 2.45) is 5.73 Å². The van der Waals surface area contributed by atoms with Gasteiger partial charge >= 0.3 is 0 Å². The van der Waals surface area contributed by atoms with Crippen LogP contribution in [-0.2, 0) is 0 Å². The van der Waals surface area contributed by atoms with Crippen molar-refractivity contribution in [1.29, 1.82) is 0 Å². The van der Waals surface area contributed by atoms with E-state index in [0.29, 0.717) is 23.8 Å². The highest BCUT2D eigenvalue weighted by Gasteiger charge is 2.25. The Morgan fingerprint density at radius 2 is 1.77 bits per heavy atom. The minimum atomic E-state index is -0.700. The van der Waals surface area contributed by atoms with Crippen molar-refractivity contribution in [2.75, 3.05) is 0 Å². The van der Waals surface area contributed by atoms with Crippen LogP contribution in [0.1, 0.15) is 50.6 Å². The maximum absolute atomic E-state index is 15.0. The van der Waals surface area contributed by atoms with Crippen LogP contribution in [0, 0.1) is 11.6 Å². The largest absolute Gasteiger partial charge is 0.451 e. The number of hydrogen-bond acceptors (Lipinski definition) is 3. The molecule has 1 unspecified atom stereocenters. The van der Waals surface area contributed by atoms with E-state index in [1.54, 1.807) is 24.3 Å². The van der Waals surface area contributed by atoms with Crippen LogP contribution >= 0.6 is 0 Å². The Morgan fingerprint density at radius 1 is 1.08 bits per heavy atom. The van der Waals surface area contributed by atoms with Crippen LogP contribution in [0.5, 0.6) is 11.5 Å². The molecular weight excluding hydrogens is 334 g/mol. The van der Waals surface area contributed by atoms with Gasteiger partial charge in [0.15, 0.2) is 17.4 Å². The summed E-state index contributed by atoms with van der Waals surface area (Å²) >= 11 is 0. The number of nitrogens with one attached hydrogen (secondary N) is 1. The fraction of sp³-hybridized carbons (Fsp3) is 0.429. The highest BCUT2D eigenvalue weighted by molar-refractivity contribution is 5.38. The molecule has 140 valence electrons. The molecule has 3 nitrogen and oxygen atoms in total. The molecule has 0 saturated heterocycles. The van der Waals surface area contributed by atoms with E-state index in [9.17, 15) is 4.39 Å². The van der Waals surface area contributed by atoms with Crippen LogP contribution in [0.2, 0.25) is 0 Å². The van der Waals surface area contributed by atoms with Crippen LogP contribution < -0.4 is 15.8 Å². The molecule has 3 rings (SSSR count). The highest BCUT2D eigenvalue weighted by atomic mass is 19.1. The topological polar surface area (TPSA) is 47.3 Å². The first-order chi connectivity index (χ1) is 12.6. The molecule has 0 amide bonds. The summed E-state index contributed by atoms with van der Waals surface area (Å²) in [6, 6.07) is 11.9. The molecule has 0 aromatic heterocycles. The summed E-state index contributed by atoms with van der Waals surface area (Å²) in [7, 11) is 0. The smallest absolute Gasteiger partial charge is 0.198 e. The number of benzene rings is 2. The van der Waals surface area contributed by atoms with Gasteiger partial charge in [0.25, 0.3) is 0 Å². The zero-order valence-electron chi connectivity index (χ0n) is 15.1. The van der Waals surface area contributed by atoms with Crippen molar-refractivity contribution in [3.63, 3.8) is 0 Å². The van der Waals surface area contributed by atoms with E-state index in [4.69, 9.17) is 10.5 Å². The Morgan fingerprint density at radius 3 is 2.42 bits per heavy atom. The molecule has 1 saturated carbocycles. The van der Waals surface area contributed by atoms with Crippen molar-refractivity contribution in [2.45, 2.75) is 57.2 Å². The lowest BCUT2D eigenvalue weighted by molar-refractivity contribution is 0.307. The Kier molecular flexibility index (Phi) is 6.22. The Balaban J connectivity index is 1.80. The lowest BCUT2D eigenvalue weighted by Gasteiger charge is -2.31. The van der Waals surface area contributed by atoms with E-state index in [-0.39, 0.29) is 17.8 Å². The van der Waals surface area contributed by atoms with Gasteiger partial charge in [0.2, 0.25) is 0 Å². The molecule has 5 heteroatoms. The lowest BCUT2D eigenvalue weighted by Crippen LogP contribution is -2.39. The summed E-state index contributed by atoms with van der Waals surface area (Å²) in [6.45, 7) is 1.99. The summed E-state index contributed by atoms with van der Waals surface area (Å²) in [4.78, 5) is 0. The predicted octanol–water partition coefficient (Wildman–Crippen LogP) is 5.07. The quantitative estimate of drug-likeness (QED) is 0.756. The van der Waals surface area contributed by atoms with Crippen LogP contribution in [0.4, 0.5) is 8.78 Å². The van der Waals surface area contributed by atoms with Crippen LogP contribution in [0.3, 0.4) is 0 Å². The molecule has 1 aliphatic rings. The molecule has 0 radical (unpaired) electrons. The van der Waals surface area contributed by atoms with Crippen molar-refractivity contribution in [3.05, 3.63) is 59.7 Å². The third-order valence-electron chi connectivity index (χ3n) is 5.03. The third-order valence-corrected chi connectivity index (χ3v) is 5.03. The predicted molar refractivity (Wildman–Crippen MR) is 99.3 cm³/mol. The molecule has 1 aliphatic carbocycles. The minimum absolute atomic E-state index is 0.187. The second-order valence-corrected chi connectivity index (χ2v) is 6.93. The van der Waals surface area contributed by atoms with Gasteiger partial charge in [0.05, 0.1) is 0 Å². The van der Waals surface area contributed by atoms with Crippen molar-refractivity contribution < 1.29 is 13.5 Å². The van der Waals surface area contributed by atoms with E-state index >= 15 is 4.39 Å². The maximum atomic E-state index is 15.0. The second-order valence-electron chi connectivity index (χ2n) is 6.93. The van der Waals surface area contributed by atoms with Crippen LogP contribution in [0.15, 0.2) is 42.5 Å². The first kappa shape index (κ1) is 18.8. The van der Waals surface area contributed by atoms with Crippen molar-refractivity contribution in [1.82, 2.24) is 5.32 Å². The van der Waals surface area contributed by atoms with Gasteiger partial charge in [-0.2, -0.15) is 0 Å². The average Bonchev–Trinajstić information content (AvgIpc) is 2.66. The monoisotopic (exact) mass is 360 g/mol. The average molecular weight is 360 g/mol. The highest BCUT2D eigenvalue weighted by Crippen LogP contribution is 2.33. The first-order valence-electron chi connectivity index (χ1n) is 9.31. The van der Waals surface area contributed by atoms with E-state index in [1.165, 1.54) is 12.1 Å². The van der Waals surface area contributed by atoms with Gasteiger partial charge in [0.1, 0.15) is 5.75 Å². The summed E-state index contributed by atoms with van der Waals surface area (Å²) in [5.41, 5.74) is 6.40. The summed E-state index contributed by atoms with van der Waals surface area (Å²) in [5, 5.41) is 3.52. The molecule has 1 atom stereocenters. The molecule has 0 aliphatic heterocycles. The first-order valence-corrected chi connectivity index (χ1v) is 9.31. The Bertz CT molecular complexity index is 715. The Hall–Kier alpha value is -1.98. The summed E-state index contributed by atoms with van der Waals surface area (Å²) in [6.07, 6.45) is 4.61. The SMILES string of the molecule is CCC(N[C@H]1CC[C@@H](N)CC1)c1ccc(F)c(Oc2ccccc2)c1F. The zero-order chi connectivity index (χ0) is 18.5. The number of halogens is 2. The number of hydrogen-bond donors (Lipinski definition) is 2. The molecule has 26 heavy (non-hydrogen) atoms.